The largest absolute Gasteiger partial charge is 0.385 e. The highest BCUT2D eigenvalue weighted by Crippen LogP contribution is 2.27. The molecule has 1 N–H and O–H groups in total. The summed E-state index contributed by atoms with van der Waals surface area (Å²) in [6.45, 7) is 7.02. The van der Waals surface area contributed by atoms with Crippen LogP contribution >= 0.6 is 12.4 Å². The third-order valence-electron chi connectivity index (χ3n) is 4.04. The lowest BCUT2D eigenvalue weighted by Gasteiger charge is -2.38. The minimum Gasteiger partial charge on any atom is -0.385 e. The molecule has 2 aliphatic heterocycles. The van der Waals surface area contributed by atoms with Gasteiger partial charge in [-0.15, -0.1) is 12.4 Å². The van der Waals surface area contributed by atoms with Crippen molar-refractivity contribution in [3.8, 4) is 0 Å². The Bertz CT molecular complexity index is 531. The first kappa shape index (κ1) is 16.1. The van der Waals surface area contributed by atoms with Gasteiger partial charge in [-0.3, -0.25) is 4.79 Å². The van der Waals surface area contributed by atoms with Crippen LogP contribution in [0, 0.1) is 0 Å². The van der Waals surface area contributed by atoms with Gasteiger partial charge >= 0.3 is 0 Å². The zero-order valence-electron chi connectivity index (χ0n) is 12.6. The monoisotopic (exact) mass is 310 g/mol. The van der Waals surface area contributed by atoms with Crippen LogP contribution in [-0.4, -0.2) is 42.6 Å². The predicted octanol–water partition coefficient (Wildman–Crippen LogP) is 2.72. The molecule has 0 aliphatic carbocycles. The standard InChI is InChI=1S/C16H22N2O2.ClH/c1-16(2)11-18(9-10-20-16)15(19)13-5-3-7-14-12(13)6-4-8-17-14;/h3,5,7,17H,4,6,8-11H2,1-2H3;1H. The van der Waals surface area contributed by atoms with E-state index in [9.17, 15) is 4.79 Å². The van der Waals surface area contributed by atoms with Gasteiger partial charge in [-0.1, -0.05) is 6.07 Å². The molecule has 0 atom stereocenters. The van der Waals surface area contributed by atoms with Crippen molar-refractivity contribution in [2.24, 2.45) is 0 Å². The third kappa shape index (κ3) is 3.33. The number of nitrogens with one attached hydrogen (secondary N) is 1. The van der Waals surface area contributed by atoms with E-state index in [0.29, 0.717) is 19.7 Å². The fourth-order valence-electron chi connectivity index (χ4n) is 3.07. The zero-order chi connectivity index (χ0) is 14.2. The number of rotatable bonds is 1. The number of hydrogen-bond donors (Lipinski definition) is 1. The van der Waals surface area contributed by atoms with Crippen LogP contribution in [0.2, 0.25) is 0 Å². The number of morpholine rings is 1. The summed E-state index contributed by atoms with van der Waals surface area (Å²) < 4.78 is 5.69. The second kappa shape index (κ2) is 6.24. The van der Waals surface area contributed by atoms with E-state index in [2.05, 4.69) is 11.4 Å². The number of halogens is 1. The average Bonchev–Trinajstić information content (AvgIpc) is 2.45. The van der Waals surface area contributed by atoms with Gasteiger partial charge in [0.25, 0.3) is 5.91 Å². The van der Waals surface area contributed by atoms with E-state index < -0.39 is 0 Å². The number of ether oxygens (including phenoxy) is 1. The van der Waals surface area contributed by atoms with E-state index in [1.807, 2.05) is 30.9 Å². The van der Waals surface area contributed by atoms with Crippen molar-refractivity contribution in [2.75, 3.05) is 31.6 Å². The molecule has 3 rings (SSSR count). The summed E-state index contributed by atoms with van der Waals surface area (Å²) in [5, 5.41) is 3.38. The lowest BCUT2D eigenvalue weighted by Crippen LogP contribution is -2.50. The summed E-state index contributed by atoms with van der Waals surface area (Å²) in [6, 6.07) is 5.99. The maximum atomic E-state index is 12.8. The molecule has 0 aromatic heterocycles. The molecule has 4 nitrogen and oxygen atoms in total. The van der Waals surface area contributed by atoms with Crippen LogP contribution in [0.25, 0.3) is 0 Å². The molecule has 0 saturated carbocycles. The van der Waals surface area contributed by atoms with Gasteiger partial charge in [0, 0.05) is 30.9 Å². The molecule has 0 bridgehead atoms. The molecule has 0 unspecified atom stereocenters. The van der Waals surface area contributed by atoms with Gasteiger partial charge in [-0.25, -0.2) is 0 Å². The quantitative estimate of drug-likeness (QED) is 0.867. The van der Waals surface area contributed by atoms with Gasteiger partial charge in [-0.2, -0.15) is 0 Å². The number of benzene rings is 1. The summed E-state index contributed by atoms with van der Waals surface area (Å²) in [7, 11) is 0. The van der Waals surface area contributed by atoms with Gasteiger partial charge in [0.05, 0.1) is 12.2 Å². The number of carbonyl (C=O) groups is 1. The van der Waals surface area contributed by atoms with Crippen LogP contribution in [0.4, 0.5) is 5.69 Å². The highest BCUT2D eigenvalue weighted by Gasteiger charge is 2.31. The molecule has 1 aromatic rings. The summed E-state index contributed by atoms with van der Waals surface area (Å²) in [4.78, 5) is 14.7. The third-order valence-corrected chi connectivity index (χ3v) is 4.04. The Labute approximate surface area is 132 Å². The molecule has 1 saturated heterocycles. The van der Waals surface area contributed by atoms with Crippen molar-refractivity contribution in [1.82, 2.24) is 4.90 Å². The molecule has 0 spiro atoms. The van der Waals surface area contributed by atoms with Gasteiger partial charge < -0.3 is 15.0 Å². The van der Waals surface area contributed by atoms with Crippen LogP contribution in [0.15, 0.2) is 18.2 Å². The van der Waals surface area contributed by atoms with E-state index in [4.69, 9.17) is 4.74 Å². The number of fused-ring (bicyclic) bond motifs is 1. The van der Waals surface area contributed by atoms with Gasteiger partial charge in [0.2, 0.25) is 0 Å². The predicted molar refractivity (Wildman–Crippen MR) is 86.4 cm³/mol. The van der Waals surface area contributed by atoms with Crippen LogP contribution in [0.5, 0.6) is 0 Å². The normalized spacial score (nSPS) is 20.0. The average molecular weight is 311 g/mol. The summed E-state index contributed by atoms with van der Waals surface area (Å²) in [5.41, 5.74) is 2.90. The fourth-order valence-corrected chi connectivity index (χ4v) is 3.07. The first-order valence-electron chi connectivity index (χ1n) is 7.36. The minimum absolute atomic E-state index is 0. The molecule has 0 radical (unpaired) electrons. The summed E-state index contributed by atoms with van der Waals surface area (Å²) in [6.07, 6.45) is 2.07. The molecule has 21 heavy (non-hydrogen) atoms. The van der Waals surface area contributed by atoms with Gasteiger partial charge in [0.1, 0.15) is 0 Å². The zero-order valence-corrected chi connectivity index (χ0v) is 13.5. The van der Waals surface area contributed by atoms with Crippen molar-refractivity contribution in [3.63, 3.8) is 0 Å². The molecule has 2 heterocycles. The molecular weight excluding hydrogens is 288 g/mol. The maximum Gasteiger partial charge on any atom is 0.254 e. The lowest BCUT2D eigenvalue weighted by atomic mass is 9.96. The highest BCUT2D eigenvalue weighted by molar-refractivity contribution is 5.97. The van der Waals surface area contributed by atoms with E-state index >= 15 is 0 Å². The van der Waals surface area contributed by atoms with Crippen molar-refractivity contribution in [1.29, 1.82) is 0 Å². The van der Waals surface area contributed by atoms with E-state index in [1.54, 1.807) is 0 Å². The Morgan fingerprint density at radius 2 is 2.19 bits per heavy atom. The van der Waals surface area contributed by atoms with Crippen molar-refractivity contribution < 1.29 is 9.53 Å². The van der Waals surface area contributed by atoms with E-state index in [0.717, 1.165) is 30.6 Å². The molecule has 5 heteroatoms. The van der Waals surface area contributed by atoms with Crippen LogP contribution in [0.3, 0.4) is 0 Å². The molecular formula is C16H23ClN2O2. The summed E-state index contributed by atoms with van der Waals surface area (Å²) in [5.74, 6) is 0.141. The fraction of sp³-hybridized carbons (Fsp3) is 0.562. The van der Waals surface area contributed by atoms with Crippen molar-refractivity contribution >= 4 is 24.0 Å². The Balaban J connectivity index is 0.00000161. The van der Waals surface area contributed by atoms with Crippen LogP contribution in [-0.2, 0) is 11.2 Å². The van der Waals surface area contributed by atoms with E-state index in [1.165, 1.54) is 5.56 Å². The minimum atomic E-state index is -0.249. The van der Waals surface area contributed by atoms with Gasteiger partial charge in [0.15, 0.2) is 0 Å². The highest BCUT2D eigenvalue weighted by atomic mass is 35.5. The second-order valence-corrected chi connectivity index (χ2v) is 6.20. The number of carbonyl (C=O) groups excluding carboxylic acids is 1. The SMILES string of the molecule is CC1(C)CN(C(=O)c2cccc3c2CCCN3)CCO1.Cl. The molecule has 1 aromatic carbocycles. The van der Waals surface area contributed by atoms with Crippen LogP contribution in [0.1, 0.15) is 36.2 Å². The second-order valence-electron chi connectivity index (χ2n) is 6.20. The molecule has 1 amide bonds. The summed E-state index contributed by atoms with van der Waals surface area (Å²) >= 11 is 0. The van der Waals surface area contributed by atoms with Gasteiger partial charge in [-0.05, 0) is 44.4 Å². The Morgan fingerprint density at radius 1 is 1.38 bits per heavy atom. The van der Waals surface area contributed by atoms with Crippen molar-refractivity contribution in [3.05, 3.63) is 29.3 Å². The Kier molecular flexibility index (Phi) is 4.79. The first-order valence-corrected chi connectivity index (χ1v) is 7.36. The van der Waals surface area contributed by atoms with Crippen LogP contribution < -0.4 is 5.32 Å². The number of hydrogen-bond acceptors (Lipinski definition) is 3. The number of amides is 1. The smallest absolute Gasteiger partial charge is 0.254 e. The van der Waals surface area contributed by atoms with E-state index in [-0.39, 0.29) is 23.9 Å². The van der Waals surface area contributed by atoms with Crippen molar-refractivity contribution in [2.45, 2.75) is 32.3 Å². The first-order chi connectivity index (χ1) is 9.57. The lowest BCUT2D eigenvalue weighted by molar-refractivity contribution is -0.0764. The molecule has 2 aliphatic rings. The molecule has 1 fully saturated rings. The Morgan fingerprint density at radius 3 is 2.95 bits per heavy atom. The topological polar surface area (TPSA) is 41.6 Å². The number of nitrogens with zero attached hydrogens (tertiary/aromatic N) is 1. The number of anilines is 1. The Hall–Kier alpha value is -1.26. The molecule has 116 valence electrons. The maximum absolute atomic E-state index is 12.8.